The van der Waals surface area contributed by atoms with E-state index in [9.17, 15) is 4.39 Å². The summed E-state index contributed by atoms with van der Waals surface area (Å²) in [5, 5.41) is 7.97. The van der Waals surface area contributed by atoms with E-state index in [1.54, 1.807) is 12.1 Å². The van der Waals surface area contributed by atoms with Crippen LogP contribution in [-0.2, 0) is 6.54 Å². The van der Waals surface area contributed by atoms with Crippen LogP contribution >= 0.6 is 0 Å². The highest BCUT2D eigenvalue weighted by Gasteiger charge is 2.20. The number of hydrogen-bond acceptors (Lipinski definition) is 5. The van der Waals surface area contributed by atoms with Gasteiger partial charge in [-0.05, 0) is 38.1 Å². The first-order valence-electron chi connectivity index (χ1n) is 8.50. The summed E-state index contributed by atoms with van der Waals surface area (Å²) in [7, 11) is 0. The van der Waals surface area contributed by atoms with Crippen molar-refractivity contribution in [1.82, 2.24) is 25.1 Å². The van der Waals surface area contributed by atoms with Crippen molar-refractivity contribution in [3.05, 3.63) is 47.4 Å². The average Bonchev–Trinajstić information content (AvgIpc) is 3.00. The lowest BCUT2D eigenvalue weighted by molar-refractivity contribution is 0.244. The molecule has 1 fully saturated rings. The molecule has 1 saturated heterocycles. The number of aryl methyl sites for hydroxylation is 2. The zero-order valence-electron chi connectivity index (χ0n) is 14.5. The van der Waals surface area contributed by atoms with E-state index in [4.69, 9.17) is 0 Å². The van der Waals surface area contributed by atoms with Gasteiger partial charge in [-0.1, -0.05) is 0 Å². The molecule has 0 spiro atoms. The van der Waals surface area contributed by atoms with E-state index in [0.717, 1.165) is 66.7 Å². The van der Waals surface area contributed by atoms with Crippen LogP contribution < -0.4 is 4.90 Å². The van der Waals surface area contributed by atoms with E-state index < -0.39 is 0 Å². The molecule has 1 aromatic carbocycles. The van der Waals surface area contributed by atoms with Crippen molar-refractivity contribution in [3.63, 3.8) is 0 Å². The summed E-state index contributed by atoms with van der Waals surface area (Å²) in [6.45, 7) is 8.26. The molecule has 3 heterocycles. The molecule has 2 aromatic heterocycles. The molecule has 7 heteroatoms. The molecule has 1 aliphatic heterocycles. The van der Waals surface area contributed by atoms with Crippen LogP contribution in [0.4, 0.5) is 10.1 Å². The number of aromatic amines is 1. The molecular weight excluding hydrogens is 319 g/mol. The number of rotatable bonds is 3. The molecule has 0 bridgehead atoms. The smallest absolute Gasteiger partial charge is 0.164 e. The van der Waals surface area contributed by atoms with E-state index >= 15 is 0 Å². The lowest BCUT2D eigenvalue weighted by atomic mass is 10.1. The Labute approximate surface area is 145 Å². The molecule has 130 valence electrons. The minimum atomic E-state index is -0.224. The summed E-state index contributed by atoms with van der Waals surface area (Å²) in [4.78, 5) is 13.6. The number of nitrogens with zero attached hydrogens (tertiary/aromatic N) is 5. The molecule has 0 unspecified atom stereocenters. The number of fused-ring (bicyclic) bond motifs is 1. The van der Waals surface area contributed by atoms with Gasteiger partial charge >= 0.3 is 0 Å². The van der Waals surface area contributed by atoms with Crippen molar-refractivity contribution in [2.24, 2.45) is 0 Å². The fraction of sp³-hybridized carbons (Fsp3) is 0.389. The van der Waals surface area contributed by atoms with Crippen LogP contribution in [0.3, 0.4) is 0 Å². The van der Waals surface area contributed by atoms with Gasteiger partial charge in [0.2, 0.25) is 0 Å². The van der Waals surface area contributed by atoms with Crippen LogP contribution in [0.15, 0.2) is 24.3 Å². The fourth-order valence-corrected chi connectivity index (χ4v) is 3.38. The van der Waals surface area contributed by atoms with Crippen molar-refractivity contribution < 1.29 is 4.39 Å². The highest BCUT2D eigenvalue weighted by Crippen LogP contribution is 2.28. The van der Waals surface area contributed by atoms with Gasteiger partial charge in [0.1, 0.15) is 11.6 Å². The minimum absolute atomic E-state index is 0.224. The molecule has 1 N–H and O–H groups in total. The maximum absolute atomic E-state index is 13.7. The van der Waals surface area contributed by atoms with E-state index in [1.807, 2.05) is 13.8 Å². The predicted molar refractivity (Wildman–Crippen MR) is 95.0 cm³/mol. The summed E-state index contributed by atoms with van der Waals surface area (Å²) >= 11 is 0. The summed E-state index contributed by atoms with van der Waals surface area (Å²) in [6, 6.07) is 6.86. The second-order valence-electron chi connectivity index (χ2n) is 6.54. The van der Waals surface area contributed by atoms with Crippen molar-refractivity contribution in [3.8, 4) is 0 Å². The van der Waals surface area contributed by atoms with Crippen LogP contribution in [0.25, 0.3) is 10.9 Å². The number of hydrogen-bond donors (Lipinski definition) is 1. The van der Waals surface area contributed by atoms with E-state index in [0.29, 0.717) is 0 Å². The van der Waals surface area contributed by atoms with Crippen molar-refractivity contribution in [1.29, 1.82) is 0 Å². The number of benzene rings is 1. The van der Waals surface area contributed by atoms with Crippen LogP contribution in [0, 0.1) is 19.7 Å². The third kappa shape index (κ3) is 3.32. The van der Waals surface area contributed by atoms with Gasteiger partial charge in [0.25, 0.3) is 0 Å². The molecular formula is C18H21FN6. The maximum atomic E-state index is 13.7. The first-order chi connectivity index (χ1) is 12.1. The Bertz CT molecular complexity index is 898. The summed E-state index contributed by atoms with van der Waals surface area (Å²) < 4.78 is 13.7. The highest BCUT2D eigenvalue weighted by atomic mass is 19.1. The number of halogens is 1. The summed E-state index contributed by atoms with van der Waals surface area (Å²) in [5.41, 5.74) is 2.86. The second kappa shape index (κ2) is 6.40. The minimum Gasteiger partial charge on any atom is -0.368 e. The molecule has 25 heavy (non-hydrogen) atoms. The monoisotopic (exact) mass is 340 g/mol. The van der Waals surface area contributed by atoms with E-state index in [-0.39, 0.29) is 5.82 Å². The molecule has 1 aliphatic rings. The number of piperazine rings is 1. The number of H-pyrrole nitrogens is 1. The third-order valence-electron chi connectivity index (χ3n) is 4.60. The lowest BCUT2D eigenvalue weighted by Crippen LogP contribution is -2.46. The summed E-state index contributed by atoms with van der Waals surface area (Å²) in [5.74, 6) is 1.45. The average molecular weight is 340 g/mol. The summed E-state index contributed by atoms with van der Waals surface area (Å²) in [6.07, 6.45) is 0. The zero-order valence-corrected chi connectivity index (χ0v) is 14.5. The van der Waals surface area contributed by atoms with Crippen molar-refractivity contribution in [2.75, 3.05) is 31.1 Å². The standard InChI is InChI=1S/C18H21FN6/c1-12-9-17(15-10-14(19)3-4-16(15)20-12)25-7-5-24(6-8-25)11-18-21-13(2)22-23-18/h3-4,9-10H,5-8,11H2,1-2H3,(H,21,22,23). The number of anilines is 1. The number of aromatic nitrogens is 4. The quantitative estimate of drug-likeness (QED) is 0.793. The van der Waals surface area contributed by atoms with Crippen LogP contribution in [-0.4, -0.2) is 51.2 Å². The Morgan fingerprint density at radius 2 is 1.88 bits per heavy atom. The zero-order chi connectivity index (χ0) is 17.4. The fourth-order valence-electron chi connectivity index (χ4n) is 3.38. The third-order valence-corrected chi connectivity index (χ3v) is 4.60. The number of nitrogens with one attached hydrogen (secondary N) is 1. The van der Waals surface area contributed by atoms with Gasteiger partial charge in [-0.2, -0.15) is 5.10 Å². The molecule has 0 saturated carbocycles. The molecule has 4 rings (SSSR count). The predicted octanol–water partition coefficient (Wildman–Crippen LogP) is 2.43. The maximum Gasteiger partial charge on any atom is 0.164 e. The first-order valence-corrected chi connectivity index (χ1v) is 8.50. The Hall–Kier alpha value is -2.54. The Balaban J connectivity index is 1.52. The molecule has 0 aliphatic carbocycles. The van der Waals surface area contributed by atoms with Crippen LogP contribution in [0.2, 0.25) is 0 Å². The molecule has 0 amide bonds. The van der Waals surface area contributed by atoms with Gasteiger partial charge in [-0.3, -0.25) is 15.0 Å². The highest BCUT2D eigenvalue weighted by molar-refractivity contribution is 5.92. The molecule has 6 nitrogen and oxygen atoms in total. The van der Waals surface area contributed by atoms with Crippen molar-refractivity contribution in [2.45, 2.75) is 20.4 Å². The lowest BCUT2D eigenvalue weighted by Gasteiger charge is -2.36. The first kappa shape index (κ1) is 16.0. The molecule has 3 aromatic rings. The second-order valence-corrected chi connectivity index (χ2v) is 6.54. The molecule has 0 atom stereocenters. The van der Waals surface area contributed by atoms with Gasteiger partial charge in [0, 0.05) is 42.9 Å². The van der Waals surface area contributed by atoms with Crippen LogP contribution in [0.1, 0.15) is 17.3 Å². The van der Waals surface area contributed by atoms with Gasteiger partial charge in [0.05, 0.1) is 12.1 Å². The Morgan fingerprint density at radius 3 is 2.60 bits per heavy atom. The largest absolute Gasteiger partial charge is 0.368 e. The van der Waals surface area contributed by atoms with Gasteiger partial charge in [-0.25, -0.2) is 9.37 Å². The van der Waals surface area contributed by atoms with E-state index in [2.05, 4.69) is 36.0 Å². The Kier molecular flexibility index (Phi) is 4.09. The topological polar surface area (TPSA) is 60.9 Å². The van der Waals surface area contributed by atoms with Gasteiger partial charge in [0.15, 0.2) is 5.82 Å². The Morgan fingerprint density at radius 1 is 1.08 bits per heavy atom. The van der Waals surface area contributed by atoms with Crippen molar-refractivity contribution >= 4 is 16.6 Å². The van der Waals surface area contributed by atoms with Gasteiger partial charge in [-0.15, -0.1) is 0 Å². The van der Waals surface area contributed by atoms with Crippen LogP contribution in [0.5, 0.6) is 0 Å². The van der Waals surface area contributed by atoms with Gasteiger partial charge < -0.3 is 4.90 Å². The SMILES string of the molecule is Cc1cc(N2CCN(Cc3n[nH]c(C)n3)CC2)c2cc(F)ccc2n1. The van der Waals surface area contributed by atoms with E-state index in [1.165, 1.54) is 6.07 Å². The normalized spacial score (nSPS) is 15.9. The molecule has 0 radical (unpaired) electrons. The number of pyridine rings is 1.